The maximum atomic E-state index is 14.0. The van der Waals surface area contributed by atoms with E-state index in [0.29, 0.717) is 35.9 Å². The van der Waals surface area contributed by atoms with E-state index in [2.05, 4.69) is 15.5 Å². The molecule has 27 heavy (non-hydrogen) atoms. The fourth-order valence-corrected chi connectivity index (χ4v) is 2.56. The van der Waals surface area contributed by atoms with Crippen LogP contribution in [-0.4, -0.2) is 36.4 Å². The van der Waals surface area contributed by atoms with Crippen molar-refractivity contribution in [1.29, 1.82) is 0 Å². The maximum absolute atomic E-state index is 14.0. The van der Waals surface area contributed by atoms with Crippen LogP contribution in [0, 0.1) is 12.7 Å². The highest BCUT2D eigenvalue weighted by Crippen LogP contribution is 2.26. The Bertz CT molecular complexity index is 940. The molecule has 1 amide bonds. The SMILES string of the molecule is COCCOc1ccccc1NC(=O)c1cc(F)cc(-c2cc(C)[nH]n2)c1. The molecule has 0 saturated heterocycles. The number of halogens is 1. The van der Waals surface area contributed by atoms with Gasteiger partial charge in [-0.3, -0.25) is 9.89 Å². The molecule has 1 heterocycles. The Balaban J connectivity index is 1.82. The number of para-hydroxylation sites is 2. The Morgan fingerprint density at radius 1 is 1.19 bits per heavy atom. The maximum Gasteiger partial charge on any atom is 0.255 e. The molecule has 0 aliphatic heterocycles. The monoisotopic (exact) mass is 369 g/mol. The number of H-pyrrole nitrogens is 1. The molecule has 0 saturated carbocycles. The van der Waals surface area contributed by atoms with Gasteiger partial charge >= 0.3 is 0 Å². The first kappa shape index (κ1) is 18.6. The van der Waals surface area contributed by atoms with Gasteiger partial charge in [0, 0.05) is 23.9 Å². The summed E-state index contributed by atoms with van der Waals surface area (Å²) in [5, 5.41) is 9.68. The van der Waals surface area contributed by atoms with Crippen LogP contribution in [0.3, 0.4) is 0 Å². The van der Waals surface area contributed by atoms with Crippen molar-refractivity contribution >= 4 is 11.6 Å². The third-order valence-electron chi connectivity index (χ3n) is 3.84. The van der Waals surface area contributed by atoms with Crippen molar-refractivity contribution in [2.75, 3.05) is 25.6 Å². The minimum atomic E-state index is -0.511. The fraction of sp³-hybridized carbons (Fsp3) is 0.200. The lowest BCUT2D eigenvalue weighted by atomic mass is 10.1. The summed E-state index contributed by atoms with van der Waals surface area (Å²) in [4.78, 5) is 12.7. The number of aryl methyl sites for hydroxylation is 1. The molecule has 0 unspecified atom stereocenters. The van der Waals surface area contributed by atoms with Gasteiger partial charge in [0.05, 0.1) is 18.0 Å². The summed E-state index contributed by atoms with van der Waals surface area (Å²) in [6.07, 6.45) is 0. The van der Waals surface area contributed by atoms with Crippen molar-refractivity contribution in [1.82, 2.24) is 10.2 Å². The van der Waals surface area contributed by atoms with Gasteiger partial charge in [0.2, 0.25) is 0 Å². The van der Waals surface area contributed by atoms with E-state index >= 15 is 0 Å². The van der Waals surface area contributed by atoms with Crippen molar-refractivity contribution in [3.05, 3.63) is 65.6 Å². The second-order valence-electron chi connectivity index (χ2n) is 5.96. The van der Waals surface area contributed by atoms with E-state index in [1.54, 1.807) is 43.5 Å². The molecule has 7 heteroatoms. The number of hydrogen-bond acceptors (Lipinski definition) is 4. The molecule has 3 rings (SSSR count). The molecule has 0 fully saturated rings. The molecule has 3 aromatic rings. The number of hydrogen-bond donors (Lipinski definition) is 2. The molecule has 0 radical (unpaired) electrons. The van der Waals surface area contributed by atoms with E-state index < -0.39 is 11.7 Å². The molecule has 6 nitrogen and oxygen atoms in total. The average molecular weight is 369 g/mol. The number of aromatic amines is 1. The zero-order chi connectivity index (χ0) is 19.2. The summed E-state index contributed by atoms with van der Waals surface area (Å²) in [6.45, 7) is 2.63. The van der Waals surface area contributed by atoms with Gasteiger partial charge in [-0.25, -0.2) is 4.39 Å². The molecule has 0 spiro atoms. The lowest BCUT2D eigenvalue weighted by molar-refractivity contribution is 0.102. The number of amides is 1. The van der Waals surface area contributed by atoms with E-state index in [1.807, 2.05) is 6.92 Å². The zero-order valence-electron chi connectivity index (χ0n) is 15.1. The van der Waals surface area contributed by atoms with Gasteiger partial charge in [0.1, 0.15) is 18.2 Å². The lowest BCUT2D eigenvalue weighted by Crippen LogP contribution is -2.14. The minimum absolute atomic E-state index is 0.192. The highest BCUT2D eigenvalue weighted by molar-refractivity contribution is 6.05. The van der Waals surface area contributed by atoms with Crippen LogP contribution in [0.15, 0.2) is 48.5 Å². The van der Waals surface area contributed by atoms with E-state index in [-0.39, 0.29) is 5.56 Å². The average Bonchev–Trinajstić information content (AvgIpc) is 3.09. The van der Waals surface area contributed by atoms with Crippen molar-refractivity contribution in [3.63, 3.8) is 0 Å². The summed E-state index contributed by atoms with van der Waals surface area (Å²) >= 11 is 0. The Morgan fingerprint density at radius 2 is 2.00 bits per heavy atom. The number of anilines is 1. The Morgan fingerprint density at radius 3 is 2.74 bits per heavy atom. The fourth-order valence-electron chi connectivity index (χ4n) is 2.56. The van der Waals surface area contributed by atoms with Crippen LogP contribution >= 0.6 is 0 Å². The first-order valence-electron chi connectivity index (χ1n) is 8.42. The summed E-state index contributed by atoms with van der Waals surface area (Å²) in [5.74, 6) is -0.434. The van der Waals surface area contributed by atoms with Crippen LogP contribution < -0.4 is 10.1 Å². The van der Waals surface area contributed by atoms with E-state index in [1.165, 1.54) is 12.1 Å². The Hall–Kier alpha value is -3.19. The number of carbonyl (C=O) groups is 1. The molecule has 140 valence electrons. The molecule has 0 aliphatic rings. The number of carbonyl (C=O) groups excluding carboxylic acids is 1. The predicted octanol–water partition coefficient (Wildman–Crippen LogP) is 3.80. The number of nitrogens with one attached hydrogen (secondary N) is 2. The van der Waals surface area contributed by atoms with Gasteiger partial charge in [-0.15, -0.1) is 0 Å². The van der Waals surface area contributed by atoms with Crippen molar-refractivity contribution in [2.24, 2.45) is 0 Å². The quantitative estimate of drug-likeness (QED) is 0.621. The van der Waals surface area contributed by atoms with Crippen LogP contribution in [0.5, 0.6) is 5.75 Å². The Labute approximate surface area is 156 Å². The second-order valence-corrected chi connectivity index (χ2v) is 5.96. The van der Waals surface area contributed by atoms with Gasteiger partial charge < -0.3 is 14.8 Å². The molecule has 0 aliphatic carbocycles. The molecular weight excluding hydrogens is 349 g/mol. The van der Waals surface area contributed by atoms with Gasteiger partial charge in [-0.1, -0.05) is 12.1 Å². The minimum Gasteiger partial charge on any atom is -0.489 e. The summed E-state index contributed by atoms with van der Waals surface area (Å²) in [7, 11) is 1.58. The summed E-state index contributed by atoms with van der Waals surface area (Å²) in [5.41, 5.74) is 2.64. The Kier molecular flexibility index (Phi) is 5.83. The van der Waals surface area contributed by atoms with Gasteiger partial charge in [0.25, 0.3) is 5.91 Å². The number of rotatable bonds is 7. The third-order valence-corrected chi connectivity index (χ3v) is 3.84. The van der Waals surface area contributed by atoms with Crippen molar-refractivity contribution in [2.45, 2.75) is 6.92 Å². The van der Waals surface area contributed by atoms with Crippen LogP contribution in [0.2, 0.25) is 0 Å². The largest absolute Gasteiger partial charge is 0.489 e. The smallest absolute Gasteiger partial charge is 0.255 e. The third kappa shape index (κ3) is 4.71. The highest BCUT2D eigenvalue weighted by Gasteiger charge is 2.14. The van der Waals surface area contributed by atoms with Crippen LogP contribution in [0.1, 0.15) is 16.1 Å². The molecule has 1 aromatic heterocycles. The van der Waals surface area contributed by atoms with Crippen molar-refractivity contribution in [3.8, 4) is 17.0 Å². The van der Waals surface area contributed by atoms with Gasteiger partial charge in [-0.05, 0) is 43.3 Å². The molecule has 0 atom stereocenters. The zero-order valence-corrected chi connectivity index (χ0v) is 15.1. The molecular formula is C20H20FN3O3. The van der Waals surface area contributed by atoms with E-state index in [0.717, 1.165) is 5.69 Å². The second kappa shape index (κ2) is 8.46. The molecule has 2 aromatic carbocycles. The highest BCUT2D eigenvalue weighted by atomic mass is 19.1. The van der Waals surface area contributed by atoms with Crippen LogP contribution in [-0.2, 0) is 4.74 Å². The summed E-state index contributed by atoms with van der Waals surface area (Å²) < 4.78 is 24.6. The van der Waals surface area contributed by atoms with Crippen LogP contribution in [0.4, 0.5) is 10.1 Å². The van der Waals surface area contributed by atoms with E-state index in [9.17, 15) is 9.18 Å². The lowest BCUT2D eigenvalue weighted by Gasteiger charge is -2.12. The van der Waals surface area contributed by atoms with Gasteiger partial charge in [0.15, 0.2) is 0 Å². The van der Waals surface area contributed by atoms with Crippen molar-refractivity contribution < 1.29 is 18.7 Å². The molecule has 2 N–H and O–H groups in total. The standard InChI is InChI=1S/C20H20FN3O3/c1-13-9-18(24-23-13)14-10-15(12-16(21)11-14)20(25)22-17-5-3-4-6-19(17)27-8-7-26-2/h3-6,9-12H,7-8H2,1-2H3,(H,22,25)(H,23,24). The summed E-state index contributed by atoms with van der Waals surface area (Å²) in [6, 6.07) is 13.0. The number of nitrogens with zero attached hydrogens (tertiary/aromatic N) is 1. The topological polar surface area (TPSA) is 76.2 Å². The normalized spacial score (nSPS) is 10.6. The number of methoxy groups -OCH3 is 1. The molecule has 0 bridgehead atoms. The first-order valence-corrected chi connectivity index (χ1v) is 8.42. The first-order chi connectivity index (χ1) is 13.1. The van der Waals surface area contributed by atoms with Gasteiger partial charge in [-0.2, -0.15) is 5.10 Å². The number of aromatic nitrogens is 2. The predicted molar refractivity (Wildman–Crippen MR) is 100 cm³/mol. The number of ether oxygens (including phenoxy) is 2. The van der Waals surface area contributed by atoms with E-state index in [4.69, 9.17) is 9.47 Å². The van der Waals surface area contributed by atoms with Crippen LogP contribution in [0.25, 0.3) is 11.3 Å². The number of benzene rings is 2.